The average Bonchev–Trinajstić information content (AvgIpc) is 3.21. The van der Waals surface area contributed by atoms with Crippen molar-refractivity contribution in [3.05, 3.63) is 29.6 Å². The van der Waals surface area contributed by atoms with E-state index >= 15 is 0 Å². The van der Waals surface area contributed by atoms with Gasteiger partial charge in [0, 0.05) is 50.8 Å². The summed E-state index contributed by atoms with van der Waals surface area (Å²) in [4.78, 5) is 33.3. The van der Waals surface area contributed by atoms with Crippen molar-refractivity contribution in [3.63, 3.8) is 0 Å². The Hall–Kier alpha value is -2.57. The number of piperidine rings is 1. The zero-order valence-electron chi connectivity index (χ0n) is 18.7. The summed E-state index contributed by atoms with van der Waals surface area (Å²) in [6, 6.07) is 4.15. The Labute approximate surface area is 178 Å². The Morgan fingerprint density at radius 3 is 2.53 bits per heavy atom. The summed E-state index contributed by atoms with van der Waals surface area (Å²) in [5.41, 5.74) is 3.17. The number of rotatable bonds is 3. The summed E-state index contributed by atoms with van der Waals surface area (Å²) in [6.07, 6.45) is 4.20. The molecule has 2 aliphatic heterocycles. The molecule has 0 bridgehead atoms. The van der Waals surface area contributed by atoms with Crippen LogP contribution < -0.4 is 5.32 Å². The van der Waals surface area contributed by atoms with E-state index in [2.05, 4.69) is 55.7 Å². The minimum absolute atomic E-state index is 0.0706. The third-order valence-corrected chi connectivity index (χ3v) is 6.25. The predicted molar refractivity (Wildman–Crippen MR) is 118 cm³/mol. The molecule has 2 aromatic rings. The van der Waals surface area contributed by atoms with E-state index < -0.39 is 0 Å². The first kappa shape index (κ1) is 20.7. The number of anilines is 1. The number of amides is 2. The molecule has 0 radical (unpaired) electrons. The summed E-state index contributed by atoms with van der Waals surface area (Å²) in [6.45, 7) is 10.6. The number of carbonyl (C=O) groups is 2. The molecule has 2 aliphatic rings. The molecule has 0 aliphatic carbocycles. The normalized spacial score (nSPS) is 21.0. The number of carbonyl (C=O) groups excluding carboxylic acids is 2. The molecule has 162 valence electrons. The molecule has 1 atom stereocenters. The van der Waals surface area contributed by atoms with Crippen LogP contribution in [-0.4, -0.2) is 63.2 Å². The smallest absolute Gasteiger partial charge is 0.227 e. The van der Waals surface area contributed by atoms with Crippen molar-refractivity contribution in [2.45, 2.75) is 58.4 Å². The lowest BCUT2D eigenvalue weighted by Gasteiger charge is -2.33. The largest absolute Gasteiger partial charge is 0.365 e. The van der Waals surface area contributed by atoms with Crippen LogP contribution in [0.15, 0.2) is 18.3 Å². The first-order valence-corrected chi connectivity index (χ1v) is 10.9. The Morgan fingerprint density at radius 2 is 1.93 bits per heavy atom. The quantitative estimate of drug-likeness (QED) is 0.843. The van der Waals surface area contributed by atoms with Crippen molar-refractivity contribution in [2.24, 2.45) is 5.92 Å². The molecule has 2 saturated heterocycles. The van der Waals surface area contributed by atoms with E-state index in [4.69, 9.17) is 4.98 Å². The third kappa shape index (κ3) is 3.89. The van der Waals surface area contributed by atoms with Crippen LogP contribution in [0.25, 0.3) is 5.65 Å². The van der Waals surface area contributed by atoms with Crippen LogP contribution in [0.1, 0.15) is 57.2 Å². The first-order chi connectivity index (χ1) is 14.1. The van der Waals surface area contributed by atoms with Gasteiger partial charge in [0.15, 0.2) is 0 Å². The van der Waals surface area contributed by atoms with Gasteiger partial charge < -0.3 is 15.1 Å². The maximum absolute atomic E-state index is 12.9. The molecule has 30 heavy (non-hydrogen) atoms. The maximum atomic E-state index is 12.9. The maximum Gasteiger partial charge on any atom is 0.227 e. The van der Waals surface area contributed by atoms with E-state index in [-0.39, 0.29) is 23.3 Å². The number of hydrogen-bond donors (Lipinski definition) is 1. The highest BCUT2D eigenvalue weighted by atomic mass is 16.2. The number of likely N-dealkylation sites (tertiary alicyclic amines) is 2. The second-order valence-electron chi connectivity index (χ2n) is 9.88. The molecule has 2 amide bonds. The summed E-state index contributed by atoms with van der Waals surface area (Å²) < 4.78 is 2.16. The molecule has 4 heterocycles. The highest BCUT2D eigenvalue weighted by Gasteiger charge is 2.37. The molecule has 7 heteroatoms. The lowest BCUT2D eigenvalue weighted by Crippen LogP contribution is -2.42. The minimum atomic E-state index is -0.185. The number of fused-ring (bicyclic) bond motifs is 1. The standard InChI is InChI=1S/C23H33N5O2/c1-15-7-6-10-28-20(15)24-19(21(28)25-23(2,3)4)16-8-11-27(12-9-16)22(30)17-13-18(29)26(5)14-17/h6-7,10,16-17,25H,8-9,11-14H2,1-5H3. The molecular weight excluding hydrogens is 378 g/mol. The molecule has 2 fully saturated rings. The topological polar surface area (TPSA) is 70.0 Å². The van der Waals surface area contributed by atoms with E-state index in [0.717, 1.165) is 48.7 Å². The zero-order chi connectivity index (χ0) is 21.6. The number of imidazole rings is 1. The SMILES string of the molecule is Cc1cccn2c(NC(C)(C)C)c(C3CCN(C(=O)C4CC(=O)N(C)C4)CC3)nc12. The number of hydrogen-bond acceptors (Lipinski definition) is 4. The highest BCUT2D eigenvalue weighted by Crippen LogP contribution is 2.35. The second kappa shape index (κ2) is 7.60. The fourth-order valence-corrected chi connectivity index (χ4v) is 4.65. The van der Waals surface area contributed by atoms with Crippen molar-refractivity contribution in [1.82, 2.24) is 19.2 Å². The minimum Gasteiger partial charge on any atom is -0.365 e. The predicted octanol–water partition coefficient (Wildman–Crippen LogP) is 3.04. The molecule has 0 aromatic carbocycles. The Kier molecular flexibility index (Phi) is 5.24. The van der Waals surface area contributed by atoms with Crippen molar-refractivity contribution in [1.29, 1.82) is 0 Å². The Balaban J connectivity index is 1.53. The van der Waals surface area contributed by atoms with Gasteiger partial charge in [0.05, 0.1) is 11.6 Å². The van der Waals surface area contributed by atoms with Gasteiger partial charge in [0.1, 0.15) is 11.5 Å². The molecular formula is C23H33N5O2. The van der Waals surface area contributed by atoms with Gasteiger partial charge in [-0.3, -0.25) is 14.0 Å². The number of pyridine rings is 1. The fraction of sp³-hybridized carbons (Fsp3) is 0.609. The Bertz CT molecular complexity index is 966. The monoisotopic (exact) mass is 411 g/mol. The van der Waals surface area contributed by atoms with Gasteiger partial charge in [-0.25, -0.2) is 4.98 Å². The van der Waals surface area contributed by atoms with Crippen molar-refractivity contribution >= 4 is 23.3 Å². The van der Waals surface area contributed by atoms with Crippen LogP contribution in [0.4, 0.5) is 5.82 Å². The van der Waals surface area contributed by atoms with Crippen molar-refractivity contribution < 1.29 is 9.59 Å². The summed E-state index contributed by atoms with van der Waals surface area (Å²) in [5, 5.41) is 3.66. The van der Waals surface area contributed by atoms with E-state index in [1.54, 1.807) is 11.9 Å². The van der Waals surface area contributed by atoms with Crippen LogP contribution in [0.2, 0.25) is 0 Å². The summed E-state index contributed by atoms with van der Waals surface area (Å²) >= 11 is 0. The van der Waals surface area contributed by atoms with Gasteiger partial charge >= 0.3 is 0 Å². The van der Waals surface area contributed by atoms with Crippen LogP contribution >= 0.6 is 0 Å². The van der Waals surface area contributed by atoms with E-state index in [9.17, 15) is 9.59 Å². The van der Waals surface area contributed by atoms with E-state index in [1.165, 1.54) is 0 Å². The molecule has 4 rings (SSSR count). The second-order valence-corrected chi connectivity index (χ2v) is 9.88. The lowest BCUT2D eigenvalue weighted by molar-refractivity contribution is -0.136. The zero-order valence-corrected chi connectivity index (χ0v) is 18.7. The first-order valence-electron chi connectivity index (χ1n) is 10.9. The fourth-order valence-electron chi connectivity index (χ4n) is 4.65. The lowest BCUT2D eigenvalue weighted by atomic mass is 9.92. The van der Waals surface area contributed by atoms with Gasteiger partial charge in [0.2, 0.25) is 11.8 Å². The van der Waals surface area contributed by atoms with Crippen LogP contribution in [-0.2, 0) is 9.59 Å². The van der Waals surface area contributed by atoms with Crippen molar-refractivity contribution in [2.75, 3.05) is 32.0 Å². The van der Waals surface area contributed by atoms with E-state index in [0.29, 0.717) is 18.9 Å². The number of aryl methyl sites for hydroxylation is 1. The van der Waals surface area contributed by atoms with Crippen molar-refractivity contribution in [3.8, 4) is 0 Å². The summed E-state index contributed by atoms with van der Waals surface area (Å²) in [5.74, 6) is 1.39. The number of nitrogens with zero attached hydrogens (tertiary/aromatic N) is 4. The van der Waals surface area contributed by atoms with Crippen LogP contribution in [0, 0.1) is 12.8 Å². The Morgan fingerprint density at radius 1 is 1.23 bits per heavy atom. The highest BCUT2D eigenvalue weighted by molar-refractivity contribution is 5.89. The van der Waals surface area contributed by atoms with E-state index in [1.807, 2.05) is 4.90 Å². The van der Waals surface area contributed by atoms with Gasteiger partial charge in [-0.2, -0.15) is 0 Å². The van der Waals surface area contributed by atoms with Crippen LogP contribution in [0.3, 0.4) is 0 Å². The average molecular weight is 412 g/mol. The van der Waals surface area contributed by atoms with Gasteiger partial charge in [-0.15, -0.1) is 0 Å². The molecule has 0 spiro atoms. The molecule has 1 unspecified atom stereocenters. The molecule has 2 aromatic heterocycles. The van der Waals surface area contributed by atoms with Gasteiger partial charge in [0.25, 0.3) is 0 Å². The third-order valence-electron chi connectivity index (χ3n) is 6.25. The number of nitrogens with one attached hydrogen (secondary N) is 1. The van der Waals surface area contributed by atoms with Gasteiger partial charge in [-0.05, 0) is 52.2 Å². The van der Waals surface area contributed by atoms with Gasteiger partial charge in [-0.1, -0.05) is 6.07 Å². The molecule has 1 N–H and O–H groups in total. The molecule has 0 saturated carbocycles. The molecule has 7 nitrogen and oxygen atoms in total. The van der Waals surface area contributed by atoms with Crippen LogP contribution in [0.5, 0.6) is 0 Å². The number of aromatic nitrogens is 2. The summed E-state index contributed by atoms with van der Waals surface area (Å²) in [7, 11) is 1.77.